The second-order valence-corrected chi connectivity index (χ2v) is 8.01. The van der Waals surface area contributed by atoms with E-state index < -0.39 is 0 Å². The number of hydrogen-bond donors (Lipinski definition) is 1. The number of carbonyl (C=O) groups excluding carboxylic acids is 2. The number of pyridine rings is 1. The van der Waals surface area contributed by atoms with Crippen LogP contribution in [0.4, 0.5) is 4.79 Å². The summed E-state index contributed by atoms with van der Waals surface area (Å²) in [6.07, 6.45) is 4.00. The molecule has 0 spiro atoms. The van der Waals surface area contributed by atoms with Crippen LogP contribution in [0.1, 0.15) is 24.5 Å². The number of nitrogens with zero attached hydrogens (tertiary/aromatic N) is 2. The van der Waals surface area contributed by atoms with Gasteiger partial charge < -0.3 is 19.7 Å². The lowest BCUT2D eigenvalue weighted by atomic mass is 10.0. The van der Waals surface area contributed by atoms with Crippen LogP contribution in [0.15, 0.2) is 73.1 Å². The predicted molar refractivity (Wildman–Crippen MR) is 124 cm³/mol. The first kappa shape index (κ1) is 22.3. The molecule has 0 radical (unpaired) electrons. The van der Waals surface area contributed by atoms with Crippen molar-refractivity contribution in [3.63, 3.8) is 0 Å². The molecule has 7 heteroatoms. The Labute approximate surface area is 193 Å². The highest BCUT2D eigenvalue weighted by molar-refractivity contribution is 5.73. The Morgan fingerprint density at radius 3 is 2.61 bits per heavy atom. The molecule has 2 amide bonds. The molecule has 3 aromatic rings. The first-order valence-corrected chi connectivity index (χ1v) is 11.0. The minimum atomic E-state index is -0.318. The van der Waals surface area contributed by atoms with Gasteiger partial charge in [-0.05, 0) is 35.2 Å². The zero-order valence-corrected chi connectivity index (χ0v) is 18.6. The Hall–Kier alpha value is -3.87. The molecule has 1 N–H and O–H groups in total. The number of hydrogen-bond acceptors (Lipinski definition) is 5. The van der Waals surface area contributed by atoms with Crippen molar-refractivity contribution in [1.29, 1.82) is 0 Å². The third-order valence-corrected chi connectivity index (χ3v) is 5.54. The van der Waals surface area contributed by atoms with Gasteiger partial charge in [0.05, 0.1) is 12.2 Å². The van der Waals surface area contributed by atoms with Crippen molar-refractivity contribution in [2.45, 2.75) is 32.5 Å². The van der Waals surface area contributed by atoms with Crippen LogP contribution >= 0.6 is 0 Å². The Kier molecular flexibility index (Phi) is 7.19. The average molecular weight is 446 g/mol. The topological polar surface area (TPSA) is 80.8 Å². The summed E-state index contributed by atoms with van der Waals surface area (Å²) < 4.78 is 11.4. The van der Waals surface area contributed by atoms with Crippen LogP contribution in [0.3, 0.4) is 0 Å². The second-order valence-electron chi connectivity index (χ2n) is 8.01. The molecule has 2 aromatic carbocycles. The Morgan fingerprint density at radius 1 is 1.03 bits per heavy atom. The number of nitrogens with one attached hydrogen (secondary N) is 1. The van der Waals surface area contributed by atoms with Crippen molar-refractivity contribution in [1.82, 2.24) is 15.2 Å². The summed E-state index contributed by atoms with van der Waals surface area (Å²) in [6, 6.07) is 19.5. The van der Waals surface area contributed by atoms with Gasteiger partial charge in [0.2, 0.25) is 5.91 Å². The molecular weight excluding hydrogens is 418 g/mol. The molecule has 1 unspecified atom stereocenters. The van der Waals surface area contributed by atoms with Crippen molar-refractivity contribution >= 4 is 12.0 Å². The van der Waals surface area contributed by atoms with Gasteiger partial charge in [0.25, 0.3) is 0 Å². The minimum absolute atomic E-state index is 0.0158. The molecular formula is C26H27N3O4. The SMILES string of the molecule is CC(=O)NCc1cccc(-c2cncc(OCC3CCN3C(=O)OCc3ccccc3)c2)c1. The largest absolute Gasteiger partial charge is 0.490 e. The second kappa shape index (κ2) is 10.6. The third-order valence-electron chi connectivity index (χ3n) is 5.54. The molecule has 1 aromatic heterocycles. The molecule has 0 bridgehead atoms. The first-order chi connectivity index (χ1) is 16.1. The van der Waals surface area contributed by atoms with Crippen LogP contribution < -0.4 is 10.1 Å². The minimum Gasteiger partial charge on any atom is -0.490 e. The maximum Gasteiger partial charge on any atom is 0.410 e. The predicted octanol–water partition coefficient (Wildman–Crippen LogP) is 4.17. The number of carbonyl (C=O) groups is 2. The van der Waals surface area contributed by atoms with E-state index in [0.717, 1.165) is 28.7 Å². The van der Waals surface area contributed by atoms with E-state index in [4.69, 9.17) is 9.47 Å². The lowest BCUT2D eigenvalue weighted by Gasteiger charge is -2.39. The maximum atomic E-state index is 12.4. The summed E-state index contributed by atoms with van der Waals surface area (Å²) in [5, 5.41) is 2.81. The van der Waals surface area contributed by atoms with Crippen LogP contribution in [0.5, 0.6) is 5.75 Å². The van der Waals surface area contributed by atoms with Gasteiger partial charge in [-0.1, -0.05) is 48.5 Å². The highest BCUT2D eigenvalue weighted by Gasteiger charge is 2.34. The van der Waals surface area contributed by atoms with Gasteiger partial charge in [-0.15, -0.1) is 0 Å². The van der Waals surface area contributed by atoms with Gasteiger partial charge in [0, 0.05) is 31.8 Å². The van der Waals surface area contributed by atoms with E-state index in [1.807, 2.05) is 60.7 Å². The zero-order chi connectivity index (χ0) is 23.0. The molecule has 1 aliphatic rings. The number of rotatable bonds is 8. The zero-order valence-electron chi connectivity index (χ0n) is 18.6. The molecule has 4 rings (SSSR count). The van der Waals surface area contributed by atoms with E-state index in [9.17, 15) is 9.59 Å². The normalized spacial score (nSPS) is 14.8. The van der Waals surface area contributed by atoms with Gasteiger partial charge in [-0.25, -0.2) is 4.79 Å². The Balaban J connectivity index is 1.31. The molecule has 170 valence electrons. The van der Waals surface area contributed by atoms with Gasteiger partial charge in [-0.2, -0.15) is 0 Å². The first-order valence-electron chi connectivity index (χ1n) is 11.0. The summed E-state index contributed by atoms with van der Waals surface area (Å²) in [7, 11) is 0. The summed E-state index contributed by atoms with van der Waals surface area (Å²) in [6.45, 7) is 3.29. The number of aromatic nitrogens is 1. The summed E-state index contributed by atoms with van der Waals surface area (Å²) in [5.41, 5.74) is 3.88. The third kappa shape index (κ3) is 6.10. The van der Waals surface area contributed by atoms with Crippen molar-refractivity contribution < 1.29 is 19.1 Å². The molecule has 1 aliphatic heterocycles. The molecule has 33 heavy (non-hydrogen) atoms. The summed E-state index contributed by atoms with van der Waals surface area (Å²) in [5.74, 6) is 0.579. The standard InChI is InChI=1S/C26H27N3O4/c1-19(30)28-14-21-8-5-9-22(12-21)23-13-25(16-27-15-23)32-18-24-10-11-29(24)26(31)33-17-20-6-3-2-4-7-20/h2-9,12-13,15-16,24H,10-11,14,17-18H2,1H3,(H,28,30). The molecule has 1 saturated heterocycles. The Bertz CT molecular complexity index is 1100. The van der Waals surface area contributed by atoms with Gasteiger partial charge in [-0.3, -0.25) is 9.78 Å². The smallest absolute Gasteiger partial charge is 0.410 e. The van der Waals surface area contributed by atoms with E-state index in [2.05, 4.69) is 10.3 Å². The Morgan fingerprint density at radius 2 is 1.85 bits per heavy atom. The van der Waals surface area contributed by atoms with Crippen molar-refractivity contribution in [2.75, 3.05) is 13.2 Å². The fraction of sp³-hybridized carbons (Fsp3) is 0.269. The lowest BCUT2D eigenvalue weighted by molar-refractivity contribution is -0.119. The van der Waals surface area contributed by atoms with E-state index >= 15 is 0 Å². The van der Waals surface area contributed by atoms with Gasteiger partial charge in [0.1, 0.15) is 19.0 Å². The molecule has 1 atom stereocenters. The number of benzene rings is 2. The number of ether oxygens (including phenoxy) is 2. The summed E-state index contributed by atoms with van der Waals surface area (Å²) >= 11 is 0. The van der Waals surface area contributed by atoms with Crippen LogP contribution in [-0.4, -0.2) is 41.1 Å². The van der Waals surface area contributed by atoms with Crippen molar-refractivity contribution in [3.8, 4) is 16.9 Å². The molecule has 1 fully saturated rings. The van der Waals surface area contributed by atoms with Crippen molar-refractivity contribution in [2.24, 2.45) is 0 Å². The molecule has 0 aliphatic carbocycles. The van der Waals surface area contributed by atoms with Crippen molar-refractivity contribution in [3.05, 3.63) is 84.2 Å². The quantitative estimate of drug-likeness (QED) is 0.563. The fourth-order valence-corrected chi connectivity index (χ4v) is 3.59. The highest BCUT2D eigenvalue weighted by atomic mass is 16.6. The monoisotopic (exact) mass is 445 g/mol. The fourth-order valence-electron chi connectivity index (χ4n) is 3.59. The van der Waals surface area contributed by atoms with Gasteiger partial charge in [0.15, 0.2) is 0 Å². The van der Waals surface area contributed by atoms with Gasteiger partial charge >= 0.3 is 6.09 Å². The van der Waals surface area contributed by atoms with Crippen LogP contribution in [0, 0.1) is 0 Å². The number of amides is 2. The summed E-state index contributed by atoms with van der Waals surface area (Å²) in [4.78, 5) is 29.6. The van der Waals surface area contributed by atoms with Crippen LogP contribution in [0.25, 0.3) is 11.1 Å². The average Bonchev–Trinajstić information content (AvgIpc) is 2.82. The van der Waals surface area contributed by atoms with Crippen LogP contribution in [0.2, 0.25) is 0 Å². The molecule has 7 nitrogen and oxygen atoms in total. The van der Waals surface area contributed by atoms with E-state index in [0.29, 0.717) is 25.4 Å². The number of likely N-dealkylation sites (tertiary alicyclic amines) is 1. The van der Waals surface area contributed by atoms with Crippen LogP contribution in [-0.2, 0) is 22.7 Å². The van der Waals surface area contributed by atoms with E-state index in [1.165, 1.54) is 6.92 Å². The highest BCUT2D eigenvalue weighted by Crippen LogP contribution is 2.25. The lowest BCUT2D eigenvalue weighted by Crippen LogP contribution is -2.54. The van der Waals surface area contributed by atoms with E-state index in [1.54, 1.807) is 17.3 Å². The molecule has 2 heterocycles. The molecule has 0 saturated carbocycles. The maximum absolute atomic E-state index is 12.4. The van der Waals surface area contributed by atoms with E-state index in [-0.39, 0.29) is 24.6 Å².